The van der Waals surface area contributed by atoms with E-state index in [1.54, 1.807) is 0 Å². The van der Waals surface area contributed by atoms with Crippen LogP contribution in [0.3, 0.4) is 0 Å². The highest BCUT2D eigenvalue weighted by atomic mass is 79.9. The van der Waals surface area contributed by atoms with Crippen molar-refractivity contribution in [3.63, 3.8) is 0 Å². The van der Waals surface area contributed by atoms with Crippen molar-refractivity contribution in [3.05, 3.63) is 90.8 Å². The number of nitrogens with zero attached hydrogens (tertiary/aromatic N) is 1. The van der Waals surface area contributed by atoms with Crippen LogP contribution in [-0.4, -0.2) is 6.21 Å². The van der Waals surface area contributed by atoms with Crippen LogP contribution < -0.4 is 4.74 Å². The Hall–Kier alpha value is -1.62. The van der Waals surface area contributed by atoms with Gasteiger partial charge in [-0.25, -0.2) is 0 Å². The summed E-state index contributed by atoms with van der Waals surface area (Å²) in [6, 6.07) is 17.9. The second-order valence-electron chi connectivity index (χ2n) is 6.27. The monoisotopic (exact) mass is 505 g/mol. The quantitative estimate of drug-likeness (QED) is 0.323. The Labute approximate surface area is 181 Å². The Morgan fingerprint density at radius 1 is 1.04 bits per heavy atom. The van der Waals surface area contributed by atoms with Crippen LogP contribution in [0, 0.1) is 13.8 Å². The van der Waals surface area contributed by atoms with E-state index in [1.165, 1.54) is 5.56 Å². The van der Waals surface area contributed by atoms with Crippen LogP contribution in [0.15, 0.2) is 68.5 Å². The predicted molar refractivity (Wildman–Crippen MR) is 121 cm³/mol. The molecule has 27 heavy (non-hydrogen) atoms. The van der Waals surface area contributed by atoms with Gasteiger partial charge in [-0.15, -0.1) is 0 Å². The Bertz CT molecular complexity index is 1000. The molecule has 138 valence electrons. The Morgan fingerprint density at radius 3 is 2.63 bits per heavy atom. The minimum absolute atomic E-state index is 0.422. The topological polar surface area (TPSA) is 21.6 Å². The van der Waals surface area contributed by atoms with Crippen molar-refractivity contribution in [2.75, 3.05) is 0 Å². The fourth-order valence-corrected chi connectivity index (χ4v) is 4.19. The second kappa shape index (κ2) is 9.05. The minimum atomic E-state index is 0.422. The van der Waals surface area contributed by atoms with E-state index in [2.05, 4.69) is 68.9 Å². The van der Waals surface area contributed by atoms with Crippen LogP contribution in [0.1, 0.15) is 22.3 Å². The molecular weight excluding hydrogens is 490 g/mol. The Balaban J connectivity index is 1.90. The van der Waals surface area contributed by atoms with Gasteiger partial charge >= 0.3 is 0 Å². The van der Waals surface area contributed by atoms with Gasteiger partial charge in [0.2, 0.25) is 0 Å². The van der Waals surface area contributed by atoms with Gasteiger partial charge in [0.25, 0.3) is 0 Å². The van der Waals surface area contributed by atoms with Gasteiger partial charge in [0.1, 0.15) is 12.4 Å². The first kappa shape index (κ1) is 20.1. The molecule has 3 aromatic carbocycles. The average Bonchev–Trinajstić information content (AvgIpc) is 2.61. The molecule has 0 unspecified atom stereocenters. The molecule has 0 radical (unpaired) electrons. The molecule has 0 aliphatic rings. The molecule has 0 aliphatic carbocycles. The molecule has 3 aromatic rings. The van der Waals surface area contributed by atoms with E-state index in [0.717, 1.165) is 37.1 Å². The highest BCUT2D eigenvalue weighted by Crippen LogP contribution is 2.33. The van der Waals surface area contributed by atoms with Crippen LogP contribution in [0.4, 0.5) is 5.69 Å². The lowest BCUT2D eigenvalue weighted by Crippen LogP contribution is -1.99. The number of benzene rings is 3. The molecular formula is C22H18Br2ClNO. The highest BCUT2D eigenvalue weighted by Gasteiger charge is 2.10. The molecule has 0 spiro atoms. The smallest absolute Gasteiger partial charge is 0.142 e. The molecule has 5 heteroatoms. The third-order valence-electron chi connectivity index (χ3n) is 4.02. The third-order valence-corrected chi connectivity index (χ3v) is 5.30. The van der Waals surface area contributed by atoms with Crippen LogP contribution >= 0.6 is 43.5 Å². The number of hydrogen-bond donors (Lipinski definition) is 0. The van der Waals surface area contributed by atoms with Gasteiger partial charge in [0.05, 0.1) is 10.2 Å². The summed E-state index contributed by atoms with van der Waals surface area (Å²) in [5, 5.41) is 0.697. The van der Waals surface area contributed by atoms with Crippen molar-refractivity contribution >= 4 is 55.4 Å². The molecule has 2 nitrogen and oxygen atoms in total. The Morgan fingerprint density at radius 2 is 1.85 bits per heavy atom. The van der Waals surface area contributed by atoms with E-state index in [1.807, 2.05) is 42.6 Å². The van der Waals surface area contributed by atoms with Crippen LogP contribution in [-0.2, 0) is 6.61 Å². The third kappa shape index (κ3) is 5.44. The molecule has 0 saturated heterocycles. The largest absolute Gasteiger partial charge is 0.487 e. The molecule has 0 fully saturated rings. The van der Waals surface area contributed by atoms with Crippen molar-refractivity contribution in [1.29, 1.82) is 0 Å². The van der Waals surface area contributed by atoms with E-state index >= 15 is 0 Å². The van der Waals surface area contributed by atoms with E-state index < -0.39 is 0 Å². The number of hydrogen-bond acceptors (Lipinski definition) is 2. The van der Waals surface area contributed by atoms with Gasteiger partial charge in [-0.05, 0) is 76.8 Å². The normalized spacial score (nSPS) is 11.1. The maximum Gasteiger partial charge on any atom is 0.142 e. The molecule has 3 rings (SSSR count). The summed E-state index contributed by atoms with van der Waals surface area (Å²) >= 11 is 13.2. The van der Waals surface area contributed by atoms with Gasteiger partial charge in [0, 0.05) is 21.3 Å². The number of rotatable bonds is 5. The van der Waals surface area contributed by atoms with Gasteiger partial charge in [-0.2, -0.15) is 0 Å². The first-order chi connectivity index (χ1) is 12.9. The van der Waals surface area contributed by atoms with E-state index in [-0.39, 0.29) is 0 Å². The molecule has 0 bridgehead atoms. The minimum Gasteiger partial charge on any atom is -0.487 e. The van der Waals surface area contributed by atoms with Crippen molar-refractivity contribution in [1.82, 2.24) is 0 Å². The Kier molecular flexibility index (Phi) is 6.74. The SMILES string of the molecule is Cc1ccc(C)c(N=Cc2cc(Br)cc(Br)c2OCc2cccc(Cl)c2)c1. The fourth-order valence-electron chi connectivity index (χ4n) is 2.61. The van der Waals surface area contributed by atoms with E-state index in [4.69, 9.17) is 16.3 Å². The lowest BCUT2D eigenvalue weighted by Gasteiger charge is -2.12. The zero-order valence-electron chi connectivity index (χ0n) is 15.0. The van der Waals surface area contributed by atoms with Gasteiger partial charge in [0.15, 0.2) is 0 Å². The zero-order valence-corrected chi connectivity index (χ0v) is 18.9. The molecule has 0 saturated carbocycles. The summed E-state index contributed by atoms with van der Waals surface area (Å²) in [6.45, 7) is 4.54. The number of ether oxygens (including phenoxy) is 1. The molecule has 0 amide bonds. The first-order valence-electron chi connectivity index (χ1n) is 8.40. The fraction of sp³-hybridized carbons (Fsp3) is 0.136. The standard InChI is InChI=1S/C22H18Br2ClNO/c1-14-6-7-15(2)21(8-14)26-12-17-10-18(23)11-20(24)22(17)27-13-16-4-3-5-19(25)9-16/h3-12H,13H2,1-2H3. The molecule has 0 atom stereocenters. The van der Waals surface area contributed by atoms with Crippen molar-refractivity contribution in [2.45, 2.75) is 20.5 Å². The van der Waals surface area contributed by atoms with Crippen LogP contribution in [0.5, 0.6) is 5.75 Å². The molecule has 0 aliphatic heterocycles. The lowest BCUT2D eigenvalue weighted by molar-refractivity contribution is 0.304. The summed E-state index contributed by atoms with van der Waals surface area (Å²) in [5.74, 6) is 0.743. The van der Waals surface area contributed by atoms with Crippen LogP contribution in [0.2, 0.25) is 5.02 Å². The predicted octanol–water partition coefficient (Wildman–Crippen LogP) is 7.81. The molecule has 0 aromatic heterocycles. The number of halogens is 3. The molecule has 0 N–H and O–H groups in total. The van der Waals surface area contributed by atoms with E-state index in [9.17, 15) is 0 Å². The van der Waals surface area contributed by atoms with Gasteiger partial charge in [-0.3, -0.25) is 4.99 Å². The summed E-state index contributed by atoms with van der Waals surface area (Å²) in [4.78, 5) is 4.68. The van der Waals surface area contributed by atoms with Crippen molar-refractivity contribution < 1.29 is 4.74 Å². The summed E-state index contributed by atoms with van der Waals surface area (Å²) in [6.07, 6.45) is 1.84. The maximum atomic E-state index is 6.09. The maximum absolute atomic E-state index is 6.09. The van der Waals surface area contributed by atoms with E-state index in [0.29, 0.717) is 11.6 Å². The zero-order chi connectivity index (χ0) is 19.4. The average molecular weight is 508 g/mol. The van der Waals surface area contributed by atoms with Crippen LogP contribution in [0.25, 0.3) is 0 Å². The van der Waals surface area contributed by atoms with Crippen molar-refractivity contribution in [3.8, 4) is 5.75 Å². The second-order valence-corrected chi connectivity index (χ2v) is 8.48. The lowest BCUT2D eigenvalue weighted by atomic mass is 10.1. The summed E-state index contributed by atoms with van der Waals surface area (Å²) in [7, 11) is 0. The first-order valence-corrected chi connectivity index (χ1v) is 10.4. The summed E-state index contributed by atoms with van der Waals surface area (Å²) < 4.78 is 7.90. The highest BCUT2D eigenvalue weighted by molar-refractivity contribution is 9.11. The van der Waals surface area contributed by atoms with Gasteiger partial charge in [-0.1, -0.05) is 51.8 Å². The summed E-state index contributed by atoms with van der Waals surface area (Å²) in [5.41, 5.74) is 5.16. The molecule has 0 heterocycles. The van der Waals surface area contributed by atoms with Crippen molar-refractivity contribution in [2.24, 2.45) is 4.99 Å². The number of aryl methyl sites for hydroxylation is 2. The van der Waals surface area contributed by atoms with Gasteiger partial charge < -0.3 is 4.74 Å². The number of aliphatic imine (C=N–C) groups is 1.